The molecule has 2 fully saturated rings. The molecule has 4 nitrogen and oxygen atoms in total. The van der Waals surface area contributed by atoms with Crippen molar-refractivity contribution in [1.29, 1.82) is 0 Å². The van der Waals surface area contributed by atoms with Crippen LogP contribution in [-0.2, 0) is 22.0 Å². The molecule has 3 aromatic rings. The van der Waals surface area contributed by atoms with Crippen LogP contribution >= 0.6 is 0 Å². The van der Waals surface area contributed by atoms with Gasteiger partial charge in [0.15, 0.2) is 23.4 Å². The van der Waals surface area contributed by atoms with Crippen LogP contribution in [0.3, 0.4) is 0 Å². The molecule has 3 aromatic carbocycles. The van der Waals surface area contributed by atoms with Crippen LogP contribution in [0.2, 0.25) is 0 Å². The summed E-state index contributed by atoms with van der Waals surface area (Å²) in [6, 6.07) is 25.4. The largest absolute Gasteiger partial charge is 0.493 e. The molecule has 34 heavy (non-hydrogen) atoms. The highest BCUT2D eigenvalue weighted by Gasteiger charge is 2.71. The number of benzene rings is 3. The number of nitrogens with zero attached hydrogens (tertiary/aromatic N) is 1. The zero-order valence-corrected chi connectivity index (χ0v) is 19.7. The normalized spacial score (nSPS) is 30.4. The Hall–Kier alpha value is -3.11. The molecule has 1 spiro atoms. The highest BCUT2D eigenvalue weighted by atomic mass is 16.5. The van der Waals surface area contributed by atoms with Gasteiger partial charge in [0.05, 0.1) is 12.5 Å². The van der Waals surface area contributed by atoms with Gasteiger partial charge in [-0.15, -0.1) is 0 Å². The lowest BCUT2D eigenvalue weighted by Crippen LogP contribution is -2.70. The average Bonchev–Trinajstić information content (AvgIpc) is 3.23. The molecule has 2 bridgehead atoms. The van der Waals surface area contributed by atoms with Crippen molar-refractivity contribution in [3.63, 3.8) is 0 Å². The number of methoxy groups -OCH3 is 1. The van der Waals surface area contributed by atoms with E-state index in [4.69, 9.17) is 9.47 Å². The summed E-state index contributed by atoms with van der Waals surface area (Å²) in [6.45, 7) is 0.980. The first-order valence-electron chi connectivity index (χ1n) is 12.3. The Kier molecular flexibility index (Phi) is 4.15. The predicted molar refractivity (Wildman–Crippen MR) is 131 cm³/mol. The van der Waals surface area contributed by atoms with Crippen LogP contribution in [0, 0.1) is 5.92 Å². The first-order valence-corrected chi connectivity index (χ1v) is 12.3. The van der Waals surface area contributed by atoms with Gasteiger partial charge in [-0.1, -0.05) is 66.7 Å². The van der Waals surface area contributed by atoms with Crippen molar-refractivity contribution in [3.8, 4) is 11.5 Å². The summed E-state index contributed by atoms with van der Waals surface area (Å²) in [5.74, 6) is 2.06. The number of carbonyl (C=O) groups is 1. The van der Waals surface area contributed by atoms with Gasteiger partial charge in [-0.3, -0.25) is 4.79 Å². The molecule has 4 aliphatic rings. The summed E-state index contributed by atoms with van der Waals surface area (Å²) >= 11 is 0. The number of likely N-dealkylation sites (tertiary alicyclic amines) is 1. The Bertz CT molecular complexity index is 1250. The minimum atomic E-state index is -0.732. The molecule has 172 valence electrons. The van der Waals surface area contributed by atoms with Crippen LogP contribution in [0.1, 0.15) is 35.1 Å². The zero-order valence-electron chi connectivity index (χ0n) is 19.7. The fourth-order valence-electron chi connectivity index (χ4n) is 7.83. The van der Waals surface area contributed by atoms with Gasteiger partial charge in [-0.2, -0.15) is 0 Å². The van der Waals surface area contributed by atoms with Crippen molar-refractivity contribution in [2.75, 3.05) is 20.7 Å². The Labute approximate surface area is 200 Å². The van der Waals surface area contributed by atoms with Crippen molar-refractivity contribution in [2.24, 2.45) is 5.92 Å². The van der Waals surface area contributed by atoms with Gasteiger partial charge in [0, 0.05) is 17.0 Å². The van der Waals surface area contributed by atoms with E-state index < -0.39 is 11.5 Å². The lowest BCUT2D eigenvalue weighted by Gasteiger charge is -2.60. The van der Waals surface area contributed by atoms with E-state index >= 15 is 0 Å². The molecule has 7 rings (SSSR count). The monoisotopic (exact) mass is 451 g/mol. The Morgan fingerprint density at radius 1 is 0.971 bits per heavy atom. The van der Waals surface area contributed by atoms with Crippen LogP contribution in [0.25, 0.3) is 0 Å². The summed E-state index contributed by atoms with van der Waals surface area (Å²) in [4.78, 5) is 17.4. The molecule has 1 saturated carbocycles. The number of rotatable bonds is 3. The number of piperidine rings is 1. The molecule has 0 radical (unpaired) electrons. The van der Waals surface area contributed by atoms with Crippen LogP contribution in [0.5, 0.6) is 11.5 Å². The number of ketones is 1. The second-order valence-electron chi connectivity index (χ2n) is 10.5. The summed E-state index contributed by atoms with van der Waals surface area (Å²) in [6.07, 6.45) is 2.21. The summed E-state index contributed by atoms with van der Waals surface area (Å²) in [5.41, 5.74) is 3.71. The molecule has 4 heteroatoms. The van der Waals surface area contributed by atoms with E-state index in [0.29, 0.717) is 12.0 Å². The molecule has 0 aromatic heterocycles. The first-order chi connectivity index (χ1) is 16.6. The molecule has 2 aliphatic heterocycles. The topological polar surface area (TPSA) is 38.8 Å². The van der Waals surface area contributed by atoms with Crippen LogP contribution in [0.4, 0.5) is 0 Å². The van der Waals surface area contributed by atoms with Gasteiger partial charge in [0.25, 0.3) is 0 Å². The Morgan fingerprint density at radius 3 is 2.29 bits per heavy atom. The van der Waals surface area contributed by atoms with E-state index in [-0.39, 0.29) is 11.2 Å². The number of Topliss-reactive ketones (excluding diaryl/α,β-unsaturated/α-hetero) is 1. The van der Waals surface area contributed by atoms with Gasteiger partial charge in [0.1, 0.15) is 0 Å². The summed E-state index contributed by atoms with van der Waals surface area (Å²) < 4.78 is 12.5. The number of hydrogen-bond donors (Lipinski definition) is 0. The van der Waals surface area contributed by atoms with E-state index in [2.05, 4.69) is 66.5 Å². The molecule has 0 N–H and O–H groups in total. The third-order valence-electron chi connectivity index (χ3n) is 9.31. The second kappa shape index (κ2) is 6.96. The lowest BCUT2D eigenvalue weighted by atomic mass is 9.45. The molecular weight excluding hydrogens is 422 g/mol. The molecule has 2 heterocycles. The smallest absolute Gasteiger partial charge is 0.189 e. The number of likely N-dealkylation sites (N-methyl/N-ethyl adjacent to an activating group) is 1. The van der Waals surface area contributed by atoms with Gasteiger partial charge in [0.2, 0.25) is 0 Å². The van der Waals surface area contributed by atoms with Crippen molar-refractivity contribution in [3.05, 3.63) is 95.1 Å². The van der Waals surface area contributed by atoms with Crippen LogP contribution in [0.15, 0.2) is 72.8 Å². The summed E-state index contributed by atoms with van der Waals surface area (Å²) in [7, 11) is 3.94. The van der Waals surface area contributed by atoms with Crippen molar-refractivity contribution in [2.45, 2.75) is 42.2 Å². The van der Waals surface area contributed by atoms with E-state index in [9.17, 15) is 4.79 Å². The third-order valence-corrected chi connectivity index (χ3v) is 9.31. The average molecular weight is 452 g/mol. The predicted octanol–water partition coefficient (Wildman–Crippen LogP) is 4.53. The summed E-state index contributed by atoms with van der Waals surface area (Å²) in [5, 5.41) is 0. The Balaban J connectivity index is 1.52. The maximum atomic E-state index is 14.9. The number of ether oxygens (including phenoxy) is 2. The quantitative estimate of drug-likeness (QED) is 0.587. The fraction of sp³-hybridized carbons (Fsp3) is 0.367. The van der Waals surface area contributed by atoms with Crippen molar-refractivity contribution < 1.29 is 14.3 Å². The van der Waals surface area contributed by atoms with E-state index in [1.165, 1.54) is 11.1 Å². The van der Waals surface area contributed by atoms with Crippen LogP contribution in [-0.4, -0.2) is 43.5 Å². The lowest BCUT2D eigenvalue weighted by molar-refractivity contribution is -0.145. The molecule has 2 aliphatic carbocycles. The first kappa shape index (κ1) is 20.3. The van der Waals surface area contributed by atoms with Gasteiger partial charge in [-0.25, -0.2) is 0 Å². The van der Waals surface area contributed by atoms with E-state index in [1.807, 2.05) is 18.2 Å². The van der Waals surface area contributed by atoms with Gasteiger partial charge < -0.3 is 14.4 Å². The highest BCUT2D eigenvalue weighted by Crippen LogP contribution is 2.66. The molecule has 1 saturated heterocycles. The standard InChI is InChI=1S/C30H29NO3/c1-31-16-15-29-22-18-30(20-9-5-3-6-10-20,21-11-7-4-8-12-21)27(32)28(29)34-26-24(33-2)14-13-19(25(26)29)17-23(22)31/h3-14,22-23,28H,15-18H2,1-2H3/t22-,23+,28-,29-/m0/s1. The van der Waals surface area contributed by atoms with Crippen molar-refractivity contribution in [1.82, 2.24) is 4.90 Å². The third kappa shape index (κ3) is 2.30. The zero-order chi connectivity index (χ0) is 23.1. The second-order valence-corrected chi connectivity index (χ2v) is 10.5. The van der Waals surface area contributed by atoms with Crippen molar-refractivity contribution >= 4 is 5.78 Å². The van der Waals surface area contributed by atoms with Gasteiger partial charge in [-0.05, 0) is 61.5 Å². The molecular formula is C30H29NO3. The highest BCUT2D eigenvalue weighted by molar-refractivity contribution is 6.01. The SMILES string of the molecule is COc1ccc2c3c1O[C@H]1C(=O)C(c4ccccc4)(c4ccccc4)C[C@H]4[C@@H](C2)N(C)CC[C@]314. The van der Waals surface area contributed by atoms with E-state index in [0.717, 1.165) is 48.4 Å². The van der Waals surface area contributed by atoms with Crippen LogP contribution < -0.4 is 9.47 Å². The minimum Gasteiger partial charge on any atom is -0.493 e. The van der Waals surface area contributed by atoms with E-state index in [1.54, 1.807) is 7.11 Å². The molecule has 0 amide bonds. The number of hydrogen-bond acceptors (Lipinski definition) is 4. The molecule has 0 unspecified atom stereocenters. The maximum absolute atomic E-state index is 14.9. The minimum absolute atomic E-state index is 0.190. The number of carbonyl (C=O) groups excluding carboxylic acids is 1. The fourth-order valence-corrected chi connectivity index (χ4v) is 7.83. The maximum Gasteiger partial charge on any atom is 0.189 e. The Morgan fingerprint density at radius 2 is 1.65 bits per heavy atom. The molecule has 4 atom stereocenters. The van der Waals surface area contributed by atoms with Gasteiger partial charge >= 0.3 is 0 Å².